The second kappa shape index (κ2) is 10.3. The Balaban J connectivity index is 0. The Hall–Kier alpha value is -1.18. The summed E-state index contributed by atoms with van der Waals surface area (Å²) in [5, 5.41) is 0. The van der Waals surface area contributed by atoms with E-state index in [0.717, 1.165) is 22.6 Å². The summed E-state index contributed by atoms with van der Waals surface area (Å²) in [6, 6.07) is 4.00. The zero-order valence-electron chi connectivity index (χ0n) is 12.0. The van der Waals surface area contributed by atoms with Gasteiger partial charge in [0.15, 0.2) is 0 Å². The summed E-state index contributed by atoms with van der Waals surface area (Å²) in [6.45, 7) is 12.0. The van der Waals surface area contributed by atoms with Gasteiger partial charge in [-0.2, -0.15) is 0 Å². The fourth-order valence-corrected chi connectivity index (χ4v) is 1.22. The summed E-state index contributed by atoms with van der Waals surface area (Å²) in [5.41, 5.74) is 2.19. The highest BCUT2D eigenvalue weighted by atomic mass is 16.5. The first-order valence-electron chi connectivity index (χ1n) is 5.88. The van der Waals surface area contributed by atoms with E-state index in [1.54, 1.807) is 14.2 Å². The standard InChI is InChI=1S/C10H14O2.2C2H6/c1-7-5-9(11-3)8(2)10(6-7)12-4;2*1-2/h5-6H,1-4H3;2*1-2H3. The van der Waals surface area contributed by atoms with Gasteiger partial charge in [-0.05, 0) is 31.5 Å². The predicted molar refractivity (Wildman–Crippen MR) is 71.7 cm³/mol. The third kappa shape index (κ3) is 5.06. The van der Waals surface area contributed by atoms with Gasteiger partial charge in [-0.15, -0.1) is 0 Å². The Kier molecular flexibility index (Phi) is 11.1. The molecule has 0 saturated carbocycles. The molecule has 94 valence electrons. The average Bonchev–Trinajstić information content (AvgIpc) is 2.36. The second-order valence-corrected chi connectivity index (χ2v) is 2.79. The summed E-state index contributed by atoms with van der Waals surface area (Å²) < 4.78 is 10.4. The third-order valence-electron chi connectivity index (χ3n) is 1.90. The van der Waals surface area contributed by atoms with Gasteiger partial charge in [0, 0.05) is 5.56 Å². The Labute approximate surface area is 101 Å². The van der Waals surface area contributed by atoms with E-state index >= 15 is 0 Å². The van der Waals surface area contributed by atoms with Gasteiger partial charge in [0.25, 0.3) is 0 Å². The van der Waals surface area contributed by atoms with E-state index in [9.17, 15) is 0 Å². The van der Waals surface area contributed by atoms with Crippen LogP contribution in [0.3, 0.4) is 0 Å². The zero-order valence-corrected chi connectivity index (χ0v) is 12.0. The first kappa shape index (κ1) is 17.2. The highest BCUT2D eigenvalue weighted by Gasteiger charge is 2.05. The fourth-order valence-electron chi connectivity index (χ4n) is 1.22. The van der Waals surface area contributed by atoms with Crippen molar-refractivity contribution in [1.82, 2.24) is 0 Å². The van der Waals surface area contributed by atoms with Crippen LogP contribution < -0.4 is 9.47 Å². The van der Waals surface area contributed by atoms with Crippen LogP contribution in [0.2, 0.25) is 0 Å². The number of hydrogen-bond donors (Lipinski definition) is 0. The van der Waals surface area contributed by atoms with Crippen LogP contribution in [-0.4, -0.2) is 14.2 Å². The van der Waals surface area contributed by atoms with Crippen molar-refractivity contribution in [2.75, 3.05) is 14.2 Å². The summed E-state index contributed by atoms with van der Waals surface area (Å²) in [6.07, 6.45) is 0. The molecule has 0 amide bonds. The summed E-state index contributed by atoms with van der Waals surface area (Å²) in [4.78, 5) is 0. The van der Waals surface area contributed by atoms with Crippen molar-refractivity contribution in [2.45, 2.75) is 41.5 Å². The minimum absolute atomic E-state index is 0.881. The van der Waals surface area contributed by atoms with Gasteiger partial charge < -0.3 is 9.47 Å². The minimum Gasteiger partial charge on any atom is -0.496 e. The number of methoxy groups -OCH3 is 2. The second-order valence-electron chi connectivity index (χ2n) is 2.79. The Bertz CT molecular complexity index is 255. The van der Waals surface area contributed by atoms with E-state index in [0.29, 0.717) is 0 Å². The molecule has 0 radical (unpaired) electrons. The lowest BCUT2D eigenvalue weighted by molar-refractivity contribution is 0.388. The molecular formula is C14H26O2. The van der Waals surface area contributed by atoms with Crippen molar-refractivity contribution >= 4 is 0 Å². The zero-order chi connectivity index (χ0) is 13.1. The SMILES string of the molecule is CC.CC.COc1cc(C)cc(OC)c1C. The molecule has 0 aliphatic carbocycles. The van der Waals surface area contributed by atoms with E-state index in [-0.39, 0.29) is 0 Å². The molecule has 0 heterocycles. The van der Waals surface area contributed by atoms with Crippen LogP contribution in [0.1, 0.15) is 38.8 Å². The minimum atomic E-state index is 0.881. The molecular weight excluding hydrogens is 200 g/mol. The summed E-state index contributed by atoms with van der Waals surface area (Å²) >= 11 is 0. The van der Waals surface area contributed by atoms with Crippen LogP contribution in [-0.2, 0) is 0 Å². The molecule has 16 heavy (non-hydrogen) atoms. The first-order chi connectivity index (χ1) is 7.69. The number of aryl methyl sites for hydroxylation is 1. The molecule has 2 heteroatoms. The third-order valence-corrected chi connectivity index (χ3v) is 1.90. The monoisotopic (exact) mass is 226 g/mol. The lowest BCUT2D eigenvalue weighted by Crippen LogP contribution is -1.93. The largest absolute Gasteiger partial charge is 0.496 e. The van der Waals surface area contributed by atoms with E-state index in [4.69, 9.17) is 9.47 Å². The Morgan fingerprint density at radius 1 is 0.750 bits per heavy atom. The van der Waals surface area contributed by atoms with Crippen LogP contribution >= 0.6 is 0 Å². The normalized spacial score (nSPS) is 8.00. The van der Waals surface area contributed by atoms with E-state index in [1.165, 1.54) is 0 Å². The van der Waals surface area contributed by atoms with Crippen molar-refractivity contribution in [3.05, 3.63) is 23.3 Å². The smallest absolute Gasteiger partial charge is 0.125 e. The molecule has 0 atom stereocenters. The van der Waals surface area contributed by atoms with Crippen LogP contribution in [0.4, 0.5) is 0 Å². The number of ether oxygens (including phenoxy) is 2. The predicted octanol–water partition coefficient (Wildman–Crippen LogP) is 4.37. The van der Waals surface area contributed by atoms with Crippen LogP contribution in [0.5, 0.6) is 11.5 Å². The molecule has 0 saturated heterocycles. The van der Waals surface area contributed by atoms with Crippen molar-refractivity contribution in [2.24, 2.45) is 0 Å². The summed E-state index contributed by atoms with van der Waals surface area (Å²) in [7, 11) is 3.34. The Morgan fingerprint density at radius 2 is 1.06 bits per heavy atom. The van der Waals surface area contributed by atoms with Crippen molar-refractivity contribution in [3.63, 3.8) is 0 Å². The maximum Gasteiger partial charge on any atom is 0.125 e. The van der Waals surface area contributed by atoms with E-state index in [1.807, 2.05) is 53.7 Å². The highest BCUT2D eigenvalue weighted by molar-refractivity contribution is 5.46. The molecule has 1 rings (SSSR count). The van der Waals surface area contributed by atoms with Gasteiger partial charge in [-0.25, -0.2) is 0 Å². The molecule has 0 unspecified atom stereocenters. The van der Waals surface area contributed by atoms with Crippen LogP contribution in [0, 0.1) is 13.8 Å². The lowest BCUT2D eigenvalue weighted by atomic mass is 10.1. The molecule has 0 spiro atoms. The van der Waals surface area contributed by atoms with Gasteiger partial charge in [0.05, 0.1) is 14.2 Å². The number of benzene rings is 1. The summed E-state index contributed by atoms with van der Waals surface area (Å²) in [5.74, 6) is 1.76. The molecule has 0 fully saturated rings. The van der Waals surface area contributed by atoms with Crippen molar-refractivity contribution in [1.29, 1.82) is 0 Å². The van der Waals surface area contributed by atoms with E-state index < -0.39 is 0 Å². The lowest BCUT2D eigenvalue weighted by Gasteiger charge is -2.10. The Morgan fingerprint density at radius 3 is 1.31 bits per heavy atom. The number of rotatable bonds is 2. The van der Waals surface area contributed by atoms with Crippen LogP contribution in [0.25, 0.3) is 0 Å². The average molecular weight is 226 g/mol. The fraction of sp³-hybridized carbons (Fsp3) is 0.571. The molecule has 1 aromatic carbocycles. The van der Waals surface area contributed by atoms with Crippen molar-refractivity contribution in [3.8, 4) is 11.5 Å². The molecule has 0 bridgehead atoms. The molecule has 0 aliphatic heterocycles. The van der Waals surface area contributed by atoms with Gasteiger partial charge in [0.2, 0.25) is 0 Å². The topological polar surface area (TPSA) is 18.5 Å². The molecule has 0 aromatic heterocycles. The molecule has 0 N–H and O–H groups in total. The van der Waals surface area contributed by atoms with Crippen molar-refractivity contribution < 1.29 is 9.47 Å². The highest BCUT2D eigenvalue weighted by Crippen LogP contribution is 2.28. The number of hydrogen-bond acceptors (Lipinski definition) is 2. The maximum atomic E-state index is 5.19. The van der Waals surface area contributed by atoms with E-state index in [2.05, 4.69) is 0 Å². The molecule has 1 aromatic rings. The van der Waals surface area contributed by atoms with Gasteiger partial charge in [0.1, 0.15) is 11.5 Å². The first-order valence-corrected chi connectivity index (χ1v) is 5.88. The maximum absolute atomic E-state index is 5.19. The quantitative estimate of drug-likeness (QED) is 0.745. The van der Waals surface area contributed by atoms with Gasteiger partial charge in [-0.1, -0.05) is 27.7 Å². The van der Waals surface area contributed by atoms with Gasteiger partial charge >= 0.3 is 0 Å². The molecule has 0 aliphatic rings. The van der Waals surface area contributed by atoms with Crippen LogP contribution in [0.15, 0.2) is 12.1 Å². The molecule has 2 nitrogen and oxygen atoms in total. The van der Waals surface area contributed by atoms with Gasteiger partial charge in [-0.3, -0.25) is 0 Å².